The summed E-state index contributed by atoms with van der Waals surface area (Å²) < 4.78 is 0. The first kappa shape index (κ1) is 10.1. The average Bonchev–Trinajstić information content (AvgIpc) is 2.44. The van der Waals surface area contributed by atoms with Crippen LogP contribution in [-0.2, 0) is 4.79 Å². The largest absolute Gasteiger partial charge is 0.297 e. The fourth-order valence-electron chi connectivity index (χ4n) is 1.84. The number of carbonyl (C=O) groups excluding carboxylic acids is 1. The molecule has 1 aliphatic heterocycles. The first-order valence-electron chi connectivity index (χ1n) is 5.50. The van der Waals surface area contributed by atoms with Crippen molar-refractivity contribution in [2.45, 2.75) is 32.6 Å². The van der Waals surface area contributed by atoms with E-state index in [1.807, 2.05) is 30.2 Å². The second-order valence-corrected chi connectivity index (χ2v) is 4.05. The molecule has 2 rings (SSSR count). The Labute approximate surface area is 90.1 Å². The molecule has 1 aromatic heterocycles. The Morgan fingerprint density at radius 3 is 2.87 bits per heavy atom. The molecule has 0 radical (unpaired) electrons. The lowest BCUT2D eigenvalue weighted by atomic mass is 10.2. The van der Waals surface area contributed by atoms with Crippen molar-refractivity contribution in [3.05, 3.63) is 23.9 Å². The fraction of sp³-hybridized carbons (Fsp3) is 0.500. The molecule has 0 bridgehead atoms. The molecule has 1 fully saturated rings. The molecule has 0 unspecified atom stereocenters. The molecule has 1 amide bonds. The molecule has 0 saturated carbocycles. The van der Waals surface area contributed by atoms with Crippen LogP contribution >= 0.6 is 0 Å². The molecule has 0 N–H and O–H groups in total. The Morgan fingerprint density at radius 1 is 1.27 bits per heavy atom. The summed E-state index contributed by atoms with van der Waals surface area (Å²) in [6.07, 6.45) is 5.72. The molecular weight excluding hydrogens is 188 g/mol. The van der Waals surface area contributed by atoms with Gasteiger partial charge in [0.2, 0.25) is 5.91 Å². The van der Waals surface area contributed by atoms with Crippen LogP contribution in [0.15, 0.2) is 18.3 Å². The third-order valence-corrected chi connectivity index (χ3v) is 2.75. The summed E-state index contributed by atoms with van der Waals surface area (Å²) in [6.45, 7) is 2.82. The Bertz CT molecular complexity index is 345. The lowest BCUT2D eigenvalue weighted by Crippen LogP contribution is -2.30. The van der Waals surface area contributed by atoms with Crippen LogP contribution in [0.5, 0.6) is 0 Å². The van der Waals surface area contributed by atoms with Crippen LogP contribution in [0, 0.1) is 6.92 Å². The van der Waals surface area contributed by atoms with Gasteiger partial charge in [-0.15, -0.1) is 0 Å². The predicted octanol–water partition coefficient (Wildman–Crippen LogP) is 2.30. The molecule has 0 aromatic carbocycles. The minimum atomic E-state index is 0.212. The minimum Gasteiger partial charge on any atom is -0.297 e. The number of amides is 1. The number of aromatic nitrogens is 1. The van der Waals surface area contributed by atoms with Crippen LogP contribution in [0.25, 0.3) is 0 Å². The minimum absolute atomic E-state index is 0.212. The lowest BCUT2D eigenvalue weighted by Gasteiger charge is -2.19. The molecule has 3 heteroatoms. The van der Waals surface area contributed by atoms with Crippen molar-refractivity contribution in [2.24, 2.45) is 0 Å². The molecule has 3 nitrogen and oxygen atoms in total. The maximum atomic E-state index is 11.8. The number of carbonyl (C=O) groups is 1. The summed E-state index contributed by atoms with van der Waals surface area (Å²) in [6, 6.07) is 3.93. The zero-order chi connectivity index (χ0) is 10.7. The van der Waals surface area contributed by atoms with Crippen molar-refractivity contribution >= 4 is 11.7 Å². The van der Waals surface area contributed by atoms with Gasteiger partial charge in [-0.1, -0.05) is 12.5 Å². The quantitative estimate of drug-likeness (QED) is 0.703. The smallest absolute Gasteiger partial charge is 0.228 e. The van der Waals surface area contributed by atoms with E-state index in [9.17, 15) is 4.79 Å². The van der Waals surface area contributed by atoms with Crippen molar-refractivity contribution in [3.63, 3.8) is 0 Å². The topological polar surface area (TPSA) is 33.2 Å². The first-order chi connectivity index (χ1) is 7.27. The highest BCUT2D eigenvalue weighted by atomic mass is 16.2. The van der Waals surface area contributed by atoms with E-state index in [4.69, 9.17) is 0 Å². The van der Waals surface area contributed by atoms with Gasteiger partial charge < -0.3 is 0 Å². The third-order valence-electron chi connectivity index (χ3n) is 2.75. The van der Waals surface area contributed by atoms with E-state index in [2.05, 4.69) is 4.98 Å². The Kier molecular flexibility index (Phi) is 2.99. The second-order valence-electron chi connectivity index (χ2n) is 4.05. The fourth-order valence-corrected chi connectivity index (χ4v) is 1.84. The third kappa shape index (κ3) is 2.35. The lowest BCUT2D eigenvalue weighted by molar-refractivity contribution is -0.118. The number of rotatable bonds is 1. The van der Waals surface area contributed by atoms with Gasteiger partial charge >= 0.3 is 0 Å². The average molecular weight is 204 g/mol. The maximum Gasteiger partial charge on any atom is 0.228 e. The van der Waals surface area contributed by atoms with Gasteiger partial charge in [0, 0.05) is 19.2 Å². The van der Waals surface area contributed by atoms with E-state index in [1.54, 1.807) is 0 Å². The summed E-state index contributed by atoms with van der Waals surface area (Å²) >= 11 is 0. The van der Waals surface area contributed by atoms with Crippen molar-refractivity contribution in [1.82, 2.24) is 4.98 Å². The number of hydrogen-bond acceptors (Lipinski definition) is 2. The van der Waals surface area contributed by atoms with Gasteiger partial charge in [-0.05, 0) is 31.4 Å². The van der Waals surface area contributed by atoms with E-state index < -0.39 is 0 Å². The summed E-state index contributed by atoms with van der Waals surface area (Å²) in [5.74, 6) is 1.01. The van der Waals surface area contributed by atoms with Gasteiger partial charge in [0.1, 0.15) is 5.82 Å². The van der Waals surface area contributed by atoms with Gasteiger partial charge in [-0.25, -0.2) is 4.98 Å². The highest BCUT2D eigenvalue weighted by Crippen LogP contribution is 2.18. The van der Waals surface area contributed by atoms with Crippen LogP contribution in [-0.4, -0.2) is 17.4 Å². The number of hydrogen-bond donors (Lipinski definition) is 0. The molecule has 1 aliphatic rings. The van der Waals surface area contributed by atoms with Crippen LogP contribution in [0.1, 0.15) is 31.2 Å². The summed E-state index contributed by atoms with van der Waals surface area (Å²) in [5, 5.41) is 0. The zero-order valence-corrected chi connectivity index (χ0v) is 9.07. The van der Waals surface area contributed by atoms with Gasteiger partial charge in [0.25, 0.3) is 0 Å². The van der Waals surface area contributed by atoms with Crippen molar-refractivity contribution in [2.75, 3.05) is 11.4 Å². The normalized spacial score (nSPS) is 17.7. The van der Waals surface area contributed by atoms with E-state index in [1.165, 1.54) is 0 Å². The molecular formula is C12H16N2O. The monoisotopic (exact) mass is 204 g/mol. The molecule has 1 aromatic rings. The zero-order valence-electron chi connectivity index (χ0n) is 9.07. The van der Waals surface area contributed by atoms with Crippen molar-refractivity contribution in [3.8, 4) is 0 Å². The number of anilines is 1. The van der Waals surface area contributed by atoms with E-state index in [-0.39, 0.29) is 5.91 Å². The Morgan fingerprint density at radius 2 is 2.13 bits per heavy atom. The Balaban J connectivity index is 2.20. The molecule has 1 saturated heterocycles. The van der Waals surface area contributed by atoms with Crippen LogP contribution < -0.4 is 4.90 Å². The second kappa shape index (κ2) is 4.43. The van der Waals surface area contributed by atoms with Crippen LogP contribution in [0.3, 0.4) is 0 Å². The molecule has 80 valence electrons. The summed E-state index contributed by atoms with van der Waals surface area (Å²) in [4.78, 5) is 17.9. The summed E-state index contributed by atoms with van der Waals surface area (Å²) in [5.41, 5.74) is 1.13. The van der Waals surface area contributed by atoms with E-state index in [0.29, 0.717) is 6.42 Å². The summed E-state index contributed by atoms with van der Waals surface area (Å²) in [7, 11) is 0. The van der Waals surface area contributed by atoms with Crippen molar-refractivity contribution < 1.29 is 4.79 Å². The highest BCUT2D eigenvalue weighted by Gasteiger charge is 2.18. The molecule has 15 heavy (non-hydrogen) atoms. The standard InChI is InChI=1S/C12H16N2O/c1-10-6-7-11(13-9-10)14-8-4-2-3-5-12(14)15/h6-7,9H,2-5,8H2,1H3. The van der Waals surface area contributed by atoms with Gasteiger partial charge in [0.15, 0.2) is 0 Å². The van der Waals surface area contributed by atoms with E-state index in [0.717, 1.165) is 37.2 Å². The van der Waals surface area contributed by atoms with Crippen LogP contribution in [0.4, 0.5) is 5.82 Å². The highest BCUT2D eigenvalue weighted by molar-refractivity contribution is 5.92. The number of pyridine rings is 1. The SMILES string of the molecule is Cc1ccc(N2CCCCCC2=O)nc1. The first-order valence-corrected chi connectivity index (χ1v) is 5.50. The predicted molar refractivity (Wildman–Crippen MR) is 59.8 cm³/mol. The molecule has 0 atom stereocenters. The van der Waals surface area contributed by atoms with Gasteiger partial charge in [0.05, 0.1) is 0 Å². The number of aryl methyl sites for hydroxylation is 1. The molecule has 0 aliphatic carbocycles. The molecule has 2 heterocycles. The van der Waals surface area contributed by atoms with Crippen LogP contribution in [0.2, 0.25) is 0 Å². The van der Waals surface area contributed by atoms with E-state index >= 15 is 0 Å². The van der Waals surface area contributed by atoms with Gasteiger partial charge in [-0.2, -0.15) is 0 Å². The maximum absolute atomic E-state index is 11.8. The van der Waals surface area contributed by atoms with Crippen molar-refractivity contribution in [1.29, 1.82) is 0 Å². The number of nitrogens with zero attached hydrogens (tertiary/aromatic N) is 2. The molecule has 0 spiro atoms. The van der Waals surface area contributed by atoms with Gasteiger partial charge in [-0.3, -0.25) is 9.69 Å². The Hall–Kier alpha value is -1.38.